The van der Waals surface area contributed by atoms with Crippen molar-refractivity contribution in [1.29, 1.82) is 0 Å². The lowest BCUT2D eigenvalue weighted by atomic mass is 9.85. The van der Waals surface area contributed by atoms with E-state index in [0.29, 0.717) is 13.0 Å². The monoisotopic (exact) mass is 185 g/mol. The molecule has 1 N–H and O–H groups in total. The van der Waals surface area contributed by atoms with Crippen molar-refractivity contribution in [2.24, 2.45) is 11.8 Å². The van der Waals surface area contributed by atoms with Gasteiger partial charge in [-0.1, -0.05) is 6.92 Å². The van der Waals surface area contributed by atoms with Crippen molar-refractivity contribution in [1.82, 2.24) is 4.90 Å². The van der Waals surface area contributed by atoms with Crippen LogP contribution in [0.25, 0.3) is 0 Å². The maximum Gasteiger partial charge on any atom is 0.306 e. The summed E-state index contributed by atoms with van der Waals surface area (Å²) >= 11 is 0. The van der Waals surface area contributed by atoms with E-state index < -0.39 is 11.9 Å². The van der Waals surface area contributed by atoms with Crippen LogP contribution in [-0.4, -0.2) is 35.5 Å². The summed E-state index contributed by atoms with van der Waals surface area (Å²) in [6, 6.07) is 0. The van der Waals surface area contributed by atoms with Crippen LogP contribution >= 0.6 is 0 Å². The maximum absolute atomic E-state index is 11.3. The molecule has 1 aliphatic heterocycles. The number of aliphatic carboxylic acids is 1. The molecule has 1 rings (SSSR count). The molecule has 1 saturated heterocycles. The second-order valence-corrected chi connectivity index (χ2v) is 3.70. The van der Waals surface area contributed by atoms with Gasteiger partial charge in [-0.2, -0.15) is 0 Å². The number of hydrogen-bond donors (Lipinski definition) is 1. The number of carbonyl (C=O) groups is 2. The summed E-state index contributed by atoms with van der Waals surface area (Å²) in [5, 5.41) is 8.76. The Morgan fingerprint density at radius 2 is 2.31 bits per heavy atom. The van der Waals surface area contributed by atoms with Crippen LogP contribution in [0.3, 0.4) is 0 Å². The summed E-state index contributed by atoms with van der Waals surface area (Å²) in [4.78, 5) is 23.6. The lowest BCUT2D eigenvalue weighted by molar-refractivity contribution is -0.145. The fourth-order valence-corrected chi connectivity index (χ4v) is 1.59. The molecule has 0 saturated carbocycles. The fourth-order valence-electron chi connectivity index (χ4n) is 1.59. The van der Waals surface area contributed by atoms with E-state index in [-0.39, 0.29) is 11.8 Å². The first-order valence-electron chi connectivity index (χ1n) is 4.49. The molecule has 0 bridgehead atoms. The Kier molecular flexibility index (Phi) is 2.90. The standard InChI is InChI=1S/C9H15NO3/c1-6(9(12)13)7-3-4-10(2)8(11)5-7/h6-7H,3-5H2,1-2H3,(H,12,13). The molecule has 74 valence electrons. The molecule has 1 heterocycles. The van der Waals surface area contributed by atoms with Crippen LogP contribution in [0.15, 0.2) is 0 Å². The predicted octanol–water partition coefficient (Wildman–Crippen LogP) is 0.575. The molecule has 4 heteroatoms. The fraction of sp³-hybridized carbons (Fsp3) is 0.778. The normalized spacial score (nSPS) is 25.8. The second kappa shape index (κ2) is 3.77. The minimum atomic E-state index is -0.803. The molecule has 0 radical (unpaired) electrons. The highest BCUT2D eigenvalue weighted by Crippen LogP contribution is 2.24. The van der Waals surface area contributed by atoms with Crippen molar-refractivity contribution in [2.75, 3.05) is 13.6 Å². The van der Waals surface area contributed by atoms with Gasteiger partial charge in [0.05, 0.1) is 5.92 Å². The van der Waals surface area contributed by atoms with Gasteiger partial charge in [-0.25, -0.2) is 0 Å². The molecule has 0 aromatic carbocycles. The molecule has 0 aliphatic carbocycles. The summed E-state index contributed by atoms with van der Waals surface area (Å²) in [6.45, 7) is 2.35. The number of amides is 1. The Hall–Kier alpha value is -1.06. The Balaban J connectivity index is 2.55. The van der Waals surface area contributed by atoms with Crippen LogP contribution in [0.1, 0.15) is 19.8 Å². The Labute approximate surface area is 77.5 Å². The molecule has 0 spiro atoms. The third kappa shape index (κ3) is 2.20. The lowest BCUT2D eigenvalue weighted by Gasteiger charge is -2.30. The van der Waals surface area contributed by atoms with Crippen LogP contribution in [0.4, 0.5) is 0 Å². The molecule has 13 heavy (non-hydrogen) atoms. The Bertz CT molecular complexity index is 227. The van der Waals surface area contributed by atoms with Crippen LogP contribution < -0.4 is 0 Å². The van der Waals surface area contributed by atoms with Gasteiger partial charge in [0.2, 0.25) is 5.91 Å². The Morgan fingerprint density at radius 1 is 1.69 bits per heavy atom. The smallest absolute Gasteiger partial charge is 0.306 e. The van der Waals surface area contributed by atoms with Crippen molar-refractivity contribution in [3.05, 3.63) is 0 Å². The highest BCUT2D eigenvalue weighted by Gasteiger charge is 2.30. The average Bonchev–Trinajstić information content (AvgIpc) is 2.08. The van der Waals surface area contributed by atoms with Gasteiger partial charge in [0.1, 0.15) is 0 Å². The van der Waals surface area contributed by atoms with E-state index in [1.54, 1.807) is 18.9 Å². The van der Waals surface area contributed by atoms with E-state index in [2.05, 4.69) is 0 Å². The van der Waals surface area contributed by atoms with Crippen molar-refractivity contribution < 1.29 is 14.7 Å². The van der Waals surface area contributed by atoms with Gasteiger partial charge < -0.3 is 10.0 Å². The third-order valence-corrected chi connectivity index (χ3v) is 2.79. The molecule has 2 unspecified atom stereocenters. The third-order valence-electron chi connectivity index (χ3n) is 2.79. The summed E-state index contributed by atoms with van der Waals surface area (Å²) in [6.07, 6.45) is 1.18. The highest BCUT2D eigenvalue weighted by atomic mass is 16.4. The molecular formula is C9H15NO3. The first-order valence-corrected chi connectivity index (χ1v) is 4.49. The summed E-state index contributed by atoms with van der Waals surface area (Å²) in [5.41, 5.74) is 0. The van der Waals surface area contributed by atoms with Crippen LogP contribution in [0.5, 0.6) is 0 Å². The molecule has 1 amide bonds. The molecule has 1 fully saturated rings. The largest absolute Gasteiger partial charge is 0.481 e. The summed E-state index contributed by atoms with van der Waals surface area (Å²) < 4.78 is 0. The predicted molar refractivity (Wildman–Crippen MR) is 47.2 cm³/mol. The van der Waals surface area contributed by atoms with E-state index >= 15 is 0 Å². The number of likely N-dealkylation sites (tertiary alicyclic amines) is 1. The first kappa shape index (κ1) is 10.0. The number of hydrogen-bond acceptors (Lipinski definition) is 2. The zero-order valence-electron chi connectivity index (χ0n) is 7.99. The van der Waals surface area contributed by atoms with E-state index in [4.69, 9.17) is 5.11 Å². The van der Waals surface area contributed by atoms with Crippen molar-refractivity contribution >= 4 is 11.9 Å². The maximum atomic E-state index is 11.3. The van der Waals surface area contributed by atoms with Gasteiger partial charge in [0.25, 0.3) is 0 Å². The van der Waals surface area contributed by atoms with Gasteiger partial charge in [0.15, 0.2) is 0 Å². The van der Waals surface area contributed by atoms with Crippen molar-refractivity contribution in [2.45, 2.75) is 19.8 Å². The topological polar surface area (TPSA) is 57.6 Å². The SMILES string of the molecule is CC(C(=O)O)C1CCN(C)C(=O)C1. The van der Waals surface area contributed by atoms with Crippen molar-refractivity contribution in [3.8, 4) is 0 Å². The van der Waals surface area contributed by atoms with Gasteiger partial charge in [-0.15, -0.1) is 0 Å². The zero-order chi connectivity index (χ0) is 10.0. The average molecular weight is 185 g/mol. The molecular weight excluding hydrogens is 170 g/mol. The first-order chi connectivity index (χ1) is 6.02. The molecule has 0 aromatic heterocycles. The molecule has 2 atom stereocenters. The van der Waals surface area contributed by atoms with Gasteiger partial charge >= 0.3 is 5.97 Å². The second-order valence-electron chi connectivity index (χ2n) is 3.70. The highest BCUT2D eigenvalue weighted by molar-refractivity contribution is 5.78. The minimum Gasteiger partial charge on any atom is -0.481 e. The number of carbonyl (C=O) groups excluding carboxylic acids is 1. The van der Waals surface area contributed by atoms with Crippen LogP contribution in [0.2, 0.25) is 0 Å². The van der Waals surface area contributed by atoms with E-state index in [1.807, 2.05) is 0 Å². The zero-order valence-corrected chi connectivity index (χ0v) is 7.99. The molecule has 0 aromatic rings. The number of rotatable bonds is 2. The molecule has 4 nitrogen and oxygen atoms in total. The van der Waals surface area contributed by atoms with Gasteiger partial charge in [0, 0.05) is 20.0 Å². The minimum absolute atomic E-state index is 0.0150. The lowest BCUT2D eigenvalue weighted by Crippen LogP contribution is -2.39. The van der Waals surface area contributed by atoms with Gasteiger partial charge in [-0.3, -0.25) is 9.59 Å². The number of carboxylic acids is 1. The summed E-state index contributed by atoms with van der Waals surface area (Å²) in [5.74, 6) is -1.13. The number of nitrogens with zero attached hydrogens (tertiary/aromatic N) is 1. The number of carboxylic acid groups (broad SMARTS) is 1. The number of piperidine rings is 1. The van der Waals surface area contributed by atoms with Crippen LogP contribution in [0, 0.1) is 11.8 Å². The van der Waals surface area contributed by atoms with E-state index in [0.717, 1.165) is 6.42 Å². The van der Waals surface area contributed by atoms with Crippen molar-refractivity contribution in [3.63, 3.8) is 0 Å². The van der Waals surface area contributed by atoms with E-state index in [9.17, 15) is 9.59 Å². The summed E-state index contributed by atoms with van der Waals surface area (Å²) in [7, 11) is 1.75. The van der Waals surface area contributed by atoms with Gasteiger partial charge in [-0.05, 0) is 12.3 Å². The molecule has 1 aliphatic rings. The van der Waals surface area contributed by atoms with Crippen LogP contribution in [-0.2, 0) is 9.59 Å². The Morgan fingerprint density at radius 3 is 2.77 bits per heavy atom. The quantitative estimate of drug-likeness (QED) is 0.684. The van der Waals surface area contributed by atoms with E-state index in [1.165, 1.54) is 0 Å².